The van der Waals surface area contributed by atoms with Gasteiger partial charge in [-0.3, -0.25) is 0 Å². The highest BCUT2D eigenvalue weighted by Crippen LogP contribution is 2.28. The van der Waals surface area contributed by atoms with E-state index in [1.165, 1.54) is 0 Å². The van der Waals surface area contributed by atoms with Crippen molar-refractivity contribution < 1.29 is 9.53 Å². The van der Waals surface area contributed by atoms with Crippen LogP contribution >= 0.6 is 11.6 Å². The first-order valence-electron chi connectivity index (χ1n) is 7.85. The number of rotatable bonds is 3. The zero-order valence-electron chi connectivity index (χ0n) is 13.4. The van der Waals surface area contributed by atoms with E-state index in [0.717, 1.165) is 18.7 Å². The molecule has 2 amide bonds. The van der Waals surface area contributed by atoms with Crippen molar-refractivity contribution in [3.8, 4) is 6.07 Å². The summed E-state index contributed by atoms with van der Waals surface area (Å²) in [7, 11) is 0. The predicted molar refractivity (Wildman–Crippen MR) is 96.8 cm³/mol. The number of ether oxygens (including phenoxy) is 1. The molecular formula is C18H17ClN4O2. The van der Waals surface area contributed by atoms with Crippen LogP contribution in [0.3, 0.4) is 0 Å². The van der Waals surface area contributed by atoms with Crippen molar-refractivity contribution in [2.75, 3.05) is 30.3 Å². The maximum atomic E-state index is 12.1. The molecule has 1 fully saturated rings. The number of nitrogens with zero attached hydrogens (tertiary/aromatic N) is 1. The number of hydrogen-bond donors (Lipinski definition) is 3. The molecule has 0 unspecified atom stereocenters. The summed E-state index contributed by atoms with van der Waals surface area (Å²) < 4.78 is 5.69. The minimum atomic E-state index is -0.430. The number of nitriles is 1. The summed E-state index contributed by atoms with van der Waals surface area (Å²) in [6.45, 7) is 2.24. The van der Waals surface area contributed by atoms with Gasteiger partial charge in [0.15, 0.2) is 0 Å². The number of halogens is 1. The summed E-state index contributed by atoms with van der Waals surface area (Å²) in [5.41, 5.74) is 2.47. The molecule has 0 aliphatic carbocycles. The van der Waals surface area contributed by atoms with E-state index in [1.54, 1.807) is 36.4 Å². The molecule has 0 spiro atoms. The molecule has 0 aromatic heterocycles. The first-order chi connectivity index (χ1) is 12.2. The van der Waals surface area contributed by atoms with Crippen LogP contribution in [0.5, 0.6) is 0 Å². The molecule has 128 valence electrons. The van der Waals surface area contributed by atoms with Crippen LogP contribution in [0.4, 0.5) is 16.2 Å². The van der Waals surface area contributed by atoms with Gasteiger partial charge in [-0.05, 0) is 35.9 Å². The summed E-state index contributed by atoms with van der Waals surface area (Å²) in [5, 5.41) is 18.0. The summed E-state index contributed by atoms with van der Waals surface area (Å²) in [5.74, 6) is 0. The lowest BCUT2D eigenvalue weighted by atomic mass is 10.1. The van der Waals surface area contributed by atoms with Gasteiger partial charge in [0.2, 0.25) is 0 Å². The van der Waals surface area contributed by atoms with Crippen LogP contribution in [0, 0.1) is 11.3 Å². The zero-order chi connectivity index (χ0) is 17.6. The van der Waals surface area contributed by atoms with Gasteiger partial charge in [0.1, 0.15) is 0 Å². The molecule has 1 atom stereocenters. The lowest BCUT2D eigenvalue weighted by molar-refractivity contribution is 0.0277. The lowest BCUT2D eigenvalue weighted by Gasteiger charge is -2.24. The van der Waals surface area contributed by atoms with Crippen LogP contribution in [-0.2, 0) is 4.74 Å². The molecular weight excluding hydrogens is 340 g/mol. The highest BCUT2D eigenvalue weighted by molar-refractivity contribution is 6.33. The van der Waals surface area contributed by atoms with E-state index in [-0.39, 0.29) is 6.10 Å². The maximum Gasteiger partial charge on any atom is 0.323 e. The normalized spacial score (nSPS) is 16.7. The van der Waals surface area contributed by atoms with Crippen molar-refractivity contribution in [2.45, 2.75) is 6.10 Å². The molecule has 7 heteroatoms. The van der Waals surface area contributed by atoms with Crippen molar-refractivity contribution in [1.29, 1.82) is 5.26 Å². The first kappa shape index (κ1) is 17.2. The molecule has 1 aliphatic rings. The Labute approximate surface area is 150 Å². The number of anilines is 2. The van der Waals surface area contributed by atoms with E-state index < -0.39 is 6.03 Å². The minimum absolute atomic E-state index is 0.0390. The highest BCUT2D eigenvalue weighted by atomic mass is 35.5. The number of morpholine rings is 1. The van der Waals surface area contributed by atoms with Gasteiger partial charge < -0.3 is 20.7 Å². The molecule has 25 heavy (non-hydrogen) atoms. The van der Waals surface area contributed by atoms with Gasteiger partial charge in [0.25, 0.3) is 0 Å². The van der Waals surface area contributed by atoms with E-state index in [1.807, 2.05) is 12.1 Å². The molecule has 0 saturated carbocycles. The summed E-state index contributed by atoms with van der Waals surface area (Å²) in [6, 6.07) is 13.7. The average molecular weight is 357 g/mol. The van der Waals surface area contributed by atoms with Gasteiger partial charge in [-0.15, -0.1) is 0 Å². The molecule has 6 nitrogen and oxygen atoms in total. The topological polar surface area (TPSA) is 86.2 Å². The Morgan fingerprint density at radius 2 is 2.16 bits per heavy atom. The monoisotopic (exact) mass is 356 g/mol. The fourth-order valence-corrected chi connectivity index (χ4v) is 2.80. The molecule has 3 N–H and O–H groups in total. The van der Waals surface area contributed by atoms with Gasteiger partial charge in [-0.2, -0.15) is 5.26 Å². The van der Waals surface area contributed by atoms with Crippen LogP contribution < -0.4 is 16.0 Å². The van der Waals surface area contributed by atoms with Gasteiger partial charge in [-0.25, -0.2) is 4.79 Å². The van der Waals surface area contributed by atoms with Gasteiger partial charge >= 0.3 is 6.03 Å². The molecule has 1 aliphatic heterocycles. The van der Waals surface area contributed by atoms with E-state index in [4.69, 9.17) is 21.6 Å². The smallest absolute Gasteiger partial charge is 0.323 e. The number of amides is 2. The Kier molecular flexibility index (Phi) is 5.51. The lowest BCUT2D eigenvalue weighted by Crippen LogP contribution is -2.33. The van der Waals surface area contributed by atoms with Crippen LogP contribution in [-0.4, -0.2) is 25.7 Å². The summed E-state index contributed by atoms with van der Waals surface area (Å²) in [4.78, 5) is 12.1. The Bertz CT molecular complexity index is 813. The molecule has 1 heterocycles. The third-order valence-corrected chi connectivity index (χ3v) is 4.10. The summed E-state index contributed by atoms with van der Waals surface area (Å²) >= 11 is 6.28. The van der Waals surface area contributed by atoms with Gasteiger partial charge in [-0.1, -0.05) is 23.7 Å². The Balaban J connectivity index is 1.65. The van der Waals surface area contributed by atoms with E-state index in [2.05, 4.69) is 16.0 Å². The Hall–Kier alpha value is -2.59. The van der Waals surface area contributed by atoms with Crippen LogP contribution in [0.2, 0.25) is 5.02 Å². The van der Waals surface area contributed by atoms with Gasteiger partial charge in [0, 0.05) is 18.8 Å². The molecule has 0 radical (unpaired) electrons. The van der Waals surface area contributed by atoms with Crippen molar-refractivity contribution in [2.24, 2.45) is 0 Å². The van der Waals surface area contributed by atoms with Crippen molar-refractivity contribution in [3.05, 3.63) is 58.6 Å². The van der Waals surface area contributed by atoms with Gasteiger partial charge in [0.05, 0.1) is 35.1 Å². The van der Waals surface area contributed by atoms with E-state index in [0.29, 0.717) is 28.6 Å². The van der Waals surface area contributed by atoms with E-state index >= 15 is 0 Å². The van der Waals surface area contributed by atoms with Crippen LogP contribution in [0.1, 0.15) is 17.2 Å². The Morgan fingerprint density at radius 1 is 1.28 bits per heavy atom. The minimum Gasteiger partial charge on any atom is -0.371 e. The number of nitrogens with one attached hydrogen (secondary N) is 3. The second-order valence-electron chi connectivity index (χ2n) is 5.57. The van der Waals surface area contributed by atoms with E-state index in [9.17, 15) is 4.79 Å². The maximum absolute atomic E-state index is 12.1. The number of carbonyl (C=O) groups excluding carboxylic acids is 1. The van der Waals surface area contributed by atoms with Crippen molar-refractivity contribution >= 4 is 29.0 Å². The number of hydrogen-bond acceptors (Lipinski definition) is 4. The largest absolute Gasteiger partial charge is 0.371 e. The quantitative estimate of drug-likeness (QED) is 0.785. The zero-order valence-corrected chi connectivity index (χ0v) is 14.1. The summed E-state index contributed by atoms with van der Waals surface area (Å²) in [6.07, 6.45) is -0.0390. The molecule has 2 aromatic rings. The fraction of sp³-hybridized carbons (Fsp3) is 0.222. The van der Waals surface area contributed by atoms with Crippen molar-refractivity contribution in [1.82, 2.24) is 5.32 Å². The van der Waals surface area contributed by atoms with Crippen LogP contribution in [0.25, 0.3) is 0 Å². The first-order valence-corrected chi connectivity index (χ1v) is 8.23. The standard InChI is InChI=1S/C18H17ClN4O2/c19-15-9-13(17-11-21-6-7-25-17)4-5-16(15)23-18(24)22-14-3-1-2-12(8-14)10-20/h1-5,8-9,17,21H,6-7,11H2,(H2,22,23,24)/t17-/m0/s1. The molecule has 3 rings (SSSR count). The fourth-order valence-electron chi connectivity index (χ4n) is 2.56. The Morgan fingerprint density at radius 3 is 2.88 bits per heavy atom. The third kappa shape index (κ3) is 4.48. The number of urea groups is 1. The van der Waals surface area contributed by atoms with Crippen molar-refractivity contribution in [3.63, 3.8) is 0 Å². The molecule has 2 aromatic carbocycles. The number of benzene rings is 2. The predicted octanol–water partition coefficient (Wildman–Crippen LogP) is 3.52. The van der Waals surface area contributed by atoms with Crippen LogP contribution in [0.15, 0.2) is 42.5 Å². The SMILES string of the molecule is N#Cc1cccc(NC(=O)Nc2ccc([C@@H]3CNCCO3)cc2Cl)c1. The second kappa shape index (κ2) is 7.99. The molecule has 0 bridgehead atoms. The average Bonchev–Trinajstić information content (AvgIpc) is 2.64. The molecule has 1 saturated heterocycles. The second-order valence-corrected chi connectivity index (χ2v) is 5.98. The third-order valence-electron chi connectivity index (χ3n) is 3.79. The number of carbonyl (C=O) groups is 1. The highest BCUT2D eigenvalue weighted by Gasteiger charge is 2.17.